The summed E-state index contributed by atoms with van der Waals surface area (Å²) in [5.74, 6) is -0.617. The third kappa shape index (κ3) is 3.99. The molecule has 3 amide bonds. The lowest BCUT2D eigenvalue weighted by Crippen LogP contribution is -2.51. The second-order valence-electron chi connectivity index (χ2n) is 8.21. The lowest BCUT2D eigenvalue weighted by molar-refractivity contribution is -0.141. The zero-order chi connectivity index (χ0) is 21.3. The maximum Gasteiger partial charge on any atom is 0.228 e. The van der Waals surface area contributed by atoms with E-state index in [2.05, 4.69) is 0 Å². The normalized spacial score (nSPS) is 22.9. The summed E-state index contributed by atoms with van der Waals surface area (Å²) in [6, 6.07) is 11.6. The van der Waals surface area contributed by atoms with Crippen LogP contribution < -0.4 is 10.6 Å². The first-order valence-corrected chi connectivity index (χ1v) is 11.3. The molecule has 0 radical (unpaired) electrons. The van der Waals surface area contributed by atoms with Crippen molar-refractivity contribution in [3.63, 3.8) is 0 Å². The number of carbonyl (C=O) groups is 3. The maximum absolute atomic E-state index is 13.5. The van der Waals surface area contributed by atoms with E-state index in [1.165, 1.54) is 0 Å². The highest BCUT2D eigenvalue weighted by molar-refractivity contribution is 7.10. The van der Waals surface area contributed by atoms with Gasteiger partial charge in [0.15, 0.2) is 0 Å². The van der Waals surface area contributed by atoms with E-state index in [0.717, 1.165) is 16.1 Å². The largest absolute Gasteiger partial charge is 0.369 e. The number of hydrogen-bond acceptors (Lipinski definition) is 4. The van der Waals surface area contributed by atoms with E-state index in [4.69, 9.17) is 5.73 Å². The fourth-order valence-corrected chi connectivity index (χ4v) is 5.45. The Morgan fingerprint density at radius 3 is 2.37 bits per heavy atom. The molecule has 7 heteroatoms. The molecule has 2 atom stereocenters. The molecular weight excluding hydrogens is 398 g/mol. The summed E-state index contributed by atoms with van der Waals surface area (Å²) in [6.45, 7) is 3.09. The molecule has 2 aliphatic rings. The number of nitrogens with zero attached hydrogens (tertiary/aromatic N) is 2. The Kier molecular flexibility index (Phi) is 5.90. The van der Waals surface area contributed by atoms with Crippen molar-refractivity contribution in [1.29, 1.82) is 0 Å². The summed E-state index contributed by atoms with van der Waals surface area (Å²) in [4.78, 5) is 42.7. The van der Waals surface area contributed by atoms with E-state index in [-0.39, 0.29) is 35.6 Å². The fourth-order valence-electron chi connectivity index (χ4n) is 4.56. The standard InChI is InChI=1S/C23H27N3O3S/c1-15-4-6-17(7-5-15)26-20(27)9-8-18(21(26)19-3-2-14-30-19)23(29)25-12-10-16(11-13-25)22(24)28/h2-7,14,16,18,21H,8-13H2,1H3,(H2,24,28)/t18-,21-/m0/s1. The monoisotopic (exact) mass is 425 g/mol. The SMILES string of the molecule is Cc1ccc(N2C(=O)CC[C@H](C(=O)N3CCC(C(N)=O)CC3)[C@H]2c2cccs2)cc1. The van der Waals surface area contributed by atoms with Crippen molar-refractivity contribution >= 4 is 34.7 Å². The number of anilines is 1. The first kappa shape index (κ1) is 20.6. The van der Waals surface area contributed by atoms with Gasteiger partial charge >= 0.3 is 0 Å². The van der Waals surface area contributed by atoms with E-state index < -0.39 is 0 Å². The van der Waals surface area contributed by atoms with Gasteiger partial charge in [-0.25, -0.2) is 0 Å². The van der Waals surface area contributed by atoms with Crippen molar-refractivity contribution in [3.8, 4) is 0 Å². The number of thiophene rings is 1. The van der Waals surface area contributed by atoms with Gasteiger partial charge in [-0.2, -0.15) is 0 Å². The number of rotatable bonds is 4. The van der Waals surface area contributed by atoms with E-state index >= 15 is 0 Å². The van der Waals surface area contributed by atoms with Crippen LogP contribution in [0.15, 0.2) is 41.8 Å². The van der Waals surface area contributed by atoms with Gasteiger partial charge in [0, 0.05) is 36.0 Å². The Bertz CT molecular complexity index is 918. The van der Waals surface area contributed by atoms with Crippen molar-refractivity contribution in [3.05, 3.63) is 52.2 Å². The van der Waals surface area contributed by atoms with E-state index in [1.807, 2.05) is 58.5 Å². The van der Waals surface area contributed by atoms with Crippen LogP contribution in [0.2, 0.25) is 0 Å². The molecule has 2 fully saturated rings. The molecular formula is C23H27N3O3S. The summed E-state index contributed by atoms with van der Waals surface area (Å²) >= 11 is 1.58. The highest BCUT2D eigenvalue weighted by Crippen LogP contribution is 2.42. The molecule has 0 aliphatic carbocycles. The van der Waals surface area contributed by atoms with Crippen LogP contribution in [-0.4, -0.2) is 35.7 Å². The second-order valence-corrected chi connectivity index (χ2v) is 9.19. The summed E-state index contributed by atoms with van der Waals surface area (Å²) in [7, 11) is 0. The van der Waals surface area contributed by atoms with Crippen molar-refractivity contribution in [2.45, 2.75) is 38.6 Å². The Morgan fingerprint density at radius 2 is 1.77 bits per heavy atom. The lowest BCUT2D eigenvalue weighted by Gasteiger charge is -2.42. The number of likely N-dealkylation sites (tertiary alicyclic amines) is 1. The number of hydrogen-bond donors (Lipinski definition) is 1. The predicted molar refractivity (Wildman–Crippen MR) is 117 cm³/mol. The van der Waals surface area contributed by atoms with Gasteiger partial charge in [-0.05, 0) is 49.8 Å². The van der Waals surface area contributed by atoms with Gasteiger partial charge < -0.3 is 15.5 Å². The number of aryl methyl sites for hydroxylation is 1. The van der Waals surface area contributed by atoms with Gasteiger partial charge in [0.2, 0.25) is 17.7 Å². The van der Waals surface area contributed by atoms with Gasteiger partial charge in [0.1, 0.15) is 0 Å². The topological polar surface area (TPSA) is 83.7 Å². The smallest absolute Gasteiger partial charge is 0.228 e. The summed E-state index contributed by atoms with van der Waals surface area (Å²) in [5.41, 5.74) is 7.39. The number of nitrogens with two attached hydrogens (primary N) is 1. The van der Waals surface area contributed by atoms with Gasteiger partial charge in [0.05, 0.1) is 12.0 Å². The minimum absolute atomic E-state index is 0.0498. The zero-order valence-electron chi connectivity index (χ0n) is 17.1. The van der Waals surface area contributed by atoms with Crippen molar-refractivity contribution in [2.24, 2.45) is 17.6 Å². The molecule has 2 aromatic rings. The van der Waals surface area contributed by atoms with Crippen LogP contribution in [0.3, 0.4) is 0 Å². The number of benzene rings is 1. The van der Waals surface area contributed by atoms with Crippen molar-refractivity contribution in [2.75, 3.05) is 18.0 Å². The van der Waals surface area contributed by atoms with Crippen LogP contribution >= 0.6 is 11.3 Å². The minimum atomic E-state index is -0.310. The molecule has 0 spiro atoms. The Hall–Kier alpha value is -2.67. The molecule has 0 bridgehead atoms. The summed E-state index contributed by atoms with van der Waals surface area (Å²) < 4.78 is 0. The second kappa shape index (κ2) is 8.60. The Labute approximate surface area is 180 Å². The number of carbonyl (C=O) groups excluding carboxylic acids is 3. The predicted octanol–water partition coefficient (Wildman–Crippen LogP) is 3.26. The van der Waals surface area contributed by atoms with E-state index in [1.54, 1.807) is 11.3 Å². The van der Waals surface area contributed by atoms with Crippen LogP contribution in [0, 0.1) is 18.8 Å². The molecule has 6 nitrogen and oxygen atoms in total. The fraction of sp³-hybridized carbons (Fsp3) is 0.435. The van der Waals surface area contributed by atoms with E-state index in [0.29, 0.717) is 38.8 Å². The molecule has 30 heavy (non-hydrogen) atoms. The minimum Gasteiger partial charge on any atom is -0.369 e. The highest BCUT2D eigenvalue weighted by atomic mass is 32.1. The summed E-state index contributed by atoms with van der Waals surface area (Å²) in [5, 5.41) is 1.99. The quantitative estimate of drug-likeness (QED) is 0.816. The summed E-state index contributed by atoms with van der Waals surface area (Å²) in [6.07, 6.45) is 2.11. The van der Waals surface area contributed by atoms with Crippen LogP contribution in [-0.2, 0) is 14.4 Å². The third-order valence-electron chi connectivity index (χ3n) is 6.27. The van der Waals surface area contributed by atoms with E-state index in [9.17, 15) is 14.4 Å². The number of amides is 3. The Balaban J connectivity index is 1.63. The number of primary amides is 1. The molecule has 1 aromatic heterocycles. The molecule has 0 saturated carbocycles. The van der Waals surface area contributed by atoms with Crippen LogP contribution in [0.4, 0.5) is 5.69 Å². The maximum atomic E-state index is 13.5. The molecule has 0 unspecified atom stereocenters. The lowest BCUT2D eigenvalue weighted by atomic mass is 9.85. The van der Waals surface area contributed by atoms with Crippen LogP contribution in [0.25, 0.3) is 0 Å². The average Bonchev–Trinajstić information content (AvgIpc) is 3.28. The average molecular weight is 426 g/mol. The molecule has 2 saturated heterocycles. The molecule has 2 N–H and O–H groups in total. The highest BCUT2D eigenvalue weighted by Gasteiger charge is 2.44. The molecule has 158 valence electrons. The number of piperidine rings is 2. The van der Waals surface area contributed by atoms with Gasteiger partial charge in [-0.15, -0.1) is 11.3 Å². The molecule has 3 heterocycles. The molecule has 2 aliphatic heterocycles. The van der Waals surface area contributed by atoms with Crippen LogP contribution in [0.5, 0.6) is 0 Å². The van der Waals surface area contributed by atoms with Crippen LogP contribution in [0.1, 0.15) is 42.2 Å². The van der Waals surface area contributed by atoms with Gasteiger partial charge in [0.25, 0.3) is 0 Å². The Morgan fingerprint density at radius 1 is 1.07 bits per heavy atom. The van der Waals surface area contributed by atoms with Gasteiger partial charge in [-0.1, -0.05) is 23.8 Å². The molecule has 4 rings (SSSR count). The molecule has 1 aromatic carbocycles. The van der Waals surface area contributed by atoms with Gasteiger partial charge in [-0.3, -0.25) is 14.4 Å². The first-order valence-electron chi connectivity index (χ1n) is 10.5. The first-order chi connectivity index (χ1) is 14.5. The zero-order valence-corrected chi connectivity index (χ0v) is 17.9. The van der Waals surface area contributed by atoms with Crippen molar-refractivity contribution < 1.29 is 14.4 Å². The van der Waals surface area contributed by atoms with Crippen molar-refractivity contribution in [1.82, 2.24) is 4.90 Å². The third-order valence-corrected chi connectivity index (χ3v) is 7.21.